The van der Waals surface area contributed by atoms with Crippen molar-refractivity contribution in [1.29, 1.82) is 0 Å². The molecular formula is C25H32N3O3+. The van der Waals surface area contributed by atoms with E-state index in [0.29, 0.717) is 26.2 Å². The van der Waals surface area contributed by atoms with E-state index in [4.69, 9.17) is 4.74 Å². The van der Waals surface area contributed by atoms with Crippen molar-refractivity contribution in [3.63, 3.8) is 0 Å². The van der Waals surface area contributed by atoms with E-state index in [1.54, 1.807) is 6.08 Å². The molecule has 0 atom stereocenters. The summed E-state index contributed by atoms with van der Waals surface area (Å²) in [6, 6.07) is 13.7. The fraction of sp³-hybridized carbons (Fsp3) is 0.360. The molecule has 1 heterocycles. The van der Waals surface area contributed by atoms with Gasteiger partial charge in [0.2, 0.25) is 5.91 Å². The number of aryl methyl sites for hydroxylation is 2. The molecule has 0 saturated carbocycles. The predicted molar refractivity (Wildman–Crippen MR) is 123 cm³/mol. The van der Waals surface area contributed by atoms with Gasteiger partial charge in [-0.15, -0.1) is 0 Å². The van der Waals surface area contributed by atoms with Crippen LogP contribution in [0.25, 0.3) is 6.08 Å². The largest absolute Gasteiger partial charge is 0.493 e. The zero-order chi connectivity index (χ0) is 22.2. The lowest BCUT2D eigenvalue weighted by Crippen LogP contribution is -3.15. The molecular weight excluding hydrogens is 390 g/mol. The number of carbonyl (C=O) groups is 2. The van der Waals surface area contributed by atoms with E-state index < -0.39 is 0 Å². The van der Waals surface area contributed by atoms with Gasteiger partial charge in [-0.25, -0.2) is 0 Å². The third kappa shape index (κ3) is 6.18. The number of para-hydroxylation sites is 2. The van der Waals surface area contributed by atoms with Crippen molar-refractivity contribution >= 4 is 23.6 Å². The topological polar surface area (TPSA) is 63.1 Å². The third-order valence-corrected chi connectivity index (χ3v) is 5.56. The van der Waals surface area contributed by atoms with Crippen molar-refractivity contribution in [3.8, 4) is 5.75 Å². The molecule has 2 aromatic carbocycles. The minimum absolute atomic E-state index is 0.00895. The number of carbonyl (C=O) groups excluding carboxylic acids is 2. The Kier molecular flexibility index (Phi) is 7.84. The van der Waals surface area contributed by atoms with Gasteiger partial charge >= 0.3 is 0 Å². The second-order valence-electron chi connectivity index (χ2n) is 7.87. The first-order chi connectivity index (χ1) is 15.0. The quantitative estimate of drug-likeness (QED) is 0.672. The van der Waals surface area contributed by atoms with Crippen molar-refractivity contribution in [3.05, 3.63) is 65.2 Å². The monoisotopic (exact) mass is 422 g/mol. The minimum Gasteiger partial charge on any atom is -0.493 e. The van der Waals surface area contributed by atoms with Crippen LogP contribution in [0.5, 0.6) is 5.75 Å². The predicted octanol–water partition coefficient (Wildman–Crippen LogP) is 2.08. The van der Waals surface area contributed by atoms with E-state index >= 15 is 0 Å². The van der Waals surface area contributed by atoms with E-state index in [2.05, 4.69) is 5.32 Å². The highest BCUT2D eigenvalue weighted by molar-refractivity contribution is 5.93. The molecule has 164 valence electrons. The summed E-state index contributed by atoms with van der Waals surface area (Å²) in [6.07, 6.45) is 3.42. The summed E-state index contributed by atoms with van der Waals surface area (Å²) >= 11 is 0. The van der Waals surface area contributed by atoms with Gasteiger partial charge in [-0.1, -0.05) is 36.4 Å². The van der Waals surface area contributed by atoms with Gasteiger partial charge in [0.15, 0.2) is 6.54 Å². The van der Waals surface area contributed by atoms with Gasteiger partial charge in [-0.2, -0.15) is 0 Å². The maximum atomic E-state index is 12.6. The van der Waals surface area contributed by atoms with Gasteiger partial charge in [-0.3, -0.25) is 9.59 Å². The van der Waals surface area contributed by atoms with Crippen LogP contribution in [0.4, 0.5) is 5.69 Å². The van der Waals surface area contributed by atoms with Crippen molar-refractivity contribution in [2.75, 3.05) is 44.6 Å². The Hall–Kier alpha value is -3.12. The number of quaternary nitrogens is 1. The highest BCUT2D eigenvalue weighted by Gasteiger charge is 2.24. The van der Waals surface area contributed by atoms with E-state index in [0.717, 1.165) is 41.2 Å². The molecule has 0 aromatic heterocycles. The molecule has 0 aliphatic carbocycles. The highest BCUT2D eigenvalue weighted by atomic mass is 16.5. The fourth-order valence-corrected chi connectivity index (χ4v) is 3.81. The Morgan fingerprint density at radius 1 is 1.06 bits per heavy atom. The lowest BCUT2D eigenvalue weighted by Gasteiger charge is -2.31. The molecule has 1 aliphatic rings. The lowest BCUT2D eigenvalue weighted by atomic mass is 10.1. The SMILES string of the molecule is CCOc1ccccc1/C=C/C(=O)N1CC[NH+](CC(=O)Nc2c(C)cccc2C)CC1. The highest BCUT2D eigenvalue weighted by Crippen LogP contribution is 2.20. The number of hydrogen-bond donors (Lipinski definition) is 2. The molecule has 2 N–H and O–H groups in total. The van der Waals surface area contributed by atoms with Crippen LogP contribution in [0.1, 0.15) is 23.6 Å². The molecule has 1 saturated heterocycles. The summed E-state index contributed by atoms with van der Waals surface area (Å²) in [7, 11) is 0. The Morgan fingerprint density at radius 3 is 2.42 bits per heavy atom. The second-order valence-corrected chi connectivity index (χ2v) is 7.87. The first kappa shape index (κ1) is 22.6. The molecule has 2 aromatic rings. The number of ether oxygens (including phenoxy) is 1. The fourth-order valence-electron chi connectivity index (χ4n) is 3.81. The number of piperazine rings is 1. The summed E-state index contributed by atoms with van der Waals surface area (Å²) in [5.41, 5.74) is 3.93. The Morgan fingerprint density at radius 2 is 1.74 bits per heavy atom. The maximum Gasteiger partial charge on any atom is 0.279 e. The molecule has 6 nitrogen and oxygen atoms in total. The molecule has 0 bridgehead atoms. The summed E-state index contributed by atoms with van der Waals surface area (Å²) in [5, 5.41) is 3.05. The van der Waals surface area contributed by atoms with Gasteiger partial charge < -0.3 is 19.9 Å². The molecule has 1 aliphatic heterocycles. The van der Waals surface area contributed by atoms with Crippen molar-refractivity contribution in [2.45, 2.75) is 20.8 Å². The maximum absolute atomic E-state index is 12.6. The number of nitrogens with one attached hydrogen (secondary N) is 2. The van der Waals surface area contributed by atoms with Crippen LogP contribution in [-0.2, 0) is 9.59 Å². The molecule has 31 heavy (non-hydrogen) atoms. The first-order valence-electron chi connectivity index (χ1n) is 10.9. The molecule has 3 rings (SSSR count). The smallest absolute Gasteiger partial charge is 0.279 e. The zero-order valence-electron chi connectivity index (χ0n) is 18.6. The number of benzene rings is 2. The number of anilines is 1. The summed E-state index contributed by atoms with van der Waals surface area (Å²) < 4.78 is 5.61. The Balaban J connectivity index is 1.49. The molecule has 2 amide bonds. The molecule has 1 fully saturated rings. The van der Waals surface area contributed by atoms with Crippen LogP contribution in [0, 0.1) is 13.8 Å². The Bertz CT molecular complexity index is 927. The van der Waals surface area contributed by atoms with Gasteiger partial charge in [0.25, 0.3) is 5.91 Å². The van der Waals surface area contributed by atoms with Gasteiger partial charge in [0, 0.05) is 17.3 Å². The van der Waals surface area contributed by atoms with Crippen LogP contribution >= 0.6 is 0 Å². The minimum atomic E-state index is -0.00895. The third-order valence-electron chi connectivity index (χ3n) is 5.56. The van der Waals surface area contributed by atoms with E-state index in [-0.39, 0.29) is 11.8 Å². The normalized spacial score (nSPS) is 14.6. The Labute approximate surface area is 184 Å². The molecule has 0 spiro atoms. The second kappa shape index (κ2) is 10.8. The van der Waals surface area contributed by atoms with Crippen molar-refractivity contribution < 1.29 is 19.2 Å². The van der Waals surface area contributed by atoms with Gasteiger partial charge in [0.05, 0.1) is 32.8 Å². The van der Waals surface area contributed by atoms with Crippen LogP contribution in [0.3, 0.4) is 0 Å². The van der Waals surface area contributed by atoms with Crippen LogP contribution < -0.4 is 15.0 Å². The van der Waals surface area contributed by atoms with E-state index in [9.17, 15) is 9.59 Å². The van der Waals surface area contributed by atoms with Crippen LogP contribution in [0.15, 0.2) is 48.5 Å². The van der Waals surface area contributed by atoms with Crippen LogP contribution in [0.2, 0.25) is 0 Å². The van der Waals surface area contributed by atoms with E-state index in [1.807, 2.05) is 74.2 Å². The van der Waals surface area contributed by atoms with Gasteiger partial charge in [0.1, 0.15) is 5.75 Å². The molecule has 0 radical (unpaired) electrons. The summed E-state index contributed by atoms with van der Waals surface area (Å²) in [4.78, 5) is 28.1. The van der Waals surface area contributed by atoms with Crippen molar-refractivity contribution in [1.82, 2.24) is 4.90 Å². The van der Waals surface area contributed by atoms with Gasteiger partial charge in [-0.05, 0) is 44.0 Å². The molecule has 6 heteroatoms. The van der Waals surface area contributed by atoms with E-state index in [1.165, 1.54) is 4.90 Å². The summed E-state index contributed by atoms with van der Waals surface area (Å²) in [5.74, 6) is 0.781. The number of hydrogen-bond acceptors (Lipinski definition) is 3. The standard InChI is InChI=1S/C25H31N3O3/c1-4-31-22-11-6-5-10-21(22)12-13-24(30)28-16-14-27(15-17-28)18-23(29)26-25-19(2)8-7-9-20(25)3/h5-13H,4,14-18H2,1-3H3,(H,26,29)/p+1/b13-12+. The number of amides is 2. The zero-order valence-corrected chi connectivity index (χ0v) is 18.6. The average molecular weight is 423 g/mol. The first-order valence-corrected chi connectivity index (χ1v) is 10.9. The number of rotatable bonds is 7. The average Bonchev–Trinajstić information content (AvgIpc) is 2.76. The lowest BCUT2D eigenvalue weighted by molar-refractivity contribution is -0.895. The summed E-state index contributed by atoms with van der Waals surface area (Å²) in [6.45, 7) is 9.74. The number of nitrogens with zero attached hydrogens (tertiary/aromatic N) is 1. The van der Waals surface area contributed by atoms with Crippen molar-refractivity contribution in [2.24, 2.45) is 0 Å². The molecule has 0 unspecified atom stereocenters. The van der Waals surface area contributed by atoms with Crippen LogP contribution in [-0.4, -0.2) is 56.0 Å².